The van der Waals surface area contributed by atoms with Crippen LogP contribution in [0.25, 0.3) is 0 Å². The highest BCUT2D eigenvalue weighted by molar-refractivity contribution is 5.32. The molecule has 3 heteroatoms. The molecule has 3 nitrogen and oxygen atoms in total. The standard InChI is InChI=1S/C7H5N.CH2O2/c1-2-7-4-3-5-8-6-7;2-1-3/h1,3-6H;1H,(H,2,3). The number of pyridine rings is 1. The molecule has 1 N–H and O–H groups in total. The van der Waals surface area contributed by atoms with Crippen molar-refractivity contribution in [2.45, 2.75) is 0 Å². The van der Waals surface area contributed by atoms with Crippen LogP contribution >= 0.6 is 0 Å². The summed E-state index contributed by atoms with van der Waals surface area (Å²) in [5.74, 6) is 2.46. The first kappa shape index (κ1) is 9.18. The van der Waals surface area contributed by atoms with Gasteiger partial charge in [-0.2, -0.15) is 0 Å². The van der Waals surface area contributed by atoms with Crippen molar-refractivity contribution in [3.63, 3.8) is 0 Å². The van der Waals surface area contributed by atoms with Crippen LogP contribution in [-0.4, -0.2) is 16.6 Å². The molecule has 0 fully saturated rings. The Bertz CT molecular complexity index is 238. The lowest BCUT2D eigenvalue weighted by atomic mass is 10.3. The predicted octanol–water partition coefficient (Wildman–Crippen LogP) is 0.764. The lowest BCUT2D eigenvalue weighted by Crippen LogP contribution is -1.72. The SMILES string of the molecule is C#Cc1cccnc1.O=CO. The molecule has 0 spiro atoms. The van der Waals surface area contributed by atoms with E-state index in [1.807, 2.05) is 12.1 Å². The minimum atomic E-state index is -0.250. The molecule has 11 heavy (non-hydrogen) atoms. The van der Waals surface area contributed by atoms with Gasteiger partial charge in [-0.15, -0.1) is 6.42 Å². The first-order chi connectivity index (χ1) is 5.35. The molecule has 1 aromatic rings. The van der Waals surface area contributed by atoms with E-state index in [1.54, 1.807) is 12.4 Å². The van der Waals surface area contributed by atoms with Gasteiger partial charge in [-0.25, -0.2) is 0 Å². The zero-order valence-corrected chi connectivity index (χ0v) is 5.77. The molecule has 0 saturated carbocycles. The Morgan fingerprint density at radius 3 is 2.64 bits per heavy atom. The summed E-state index contributed by atoms with van der Waals surface area (Å²) in [6, 6.07) is 3.65. The maximum atomic E-state index is 8.36. The van der Waals surface area contributed by atoms with Crippen LogP contribution in [0, 0.1) is 12.3 Å². The average Bonchev–Trinajstić information content (AvgIpc) is 2.08. The van der Waals surface area contributed by atoms with E-state index >= 15 is 0 Å². The zero-order valence-electron chi connectivity index (χ0n) is 5.77. The first-order valence-corrected chi connectivity index (χ1v) is 2.79. The third-order valence-electron chi connectivity index (χ3n) is 0.828. The topological polar surface area (TPSA) is 50.2 Å². The van der Waals surface area contributed by atoms with E-state index in [4.69, 9.17) is 16.3 Å². The molecule has 0 unspecified atom stereocenters. The normalized spacial score (nSPS) is 6.82. The smallest absolute Gasteiger partial charge is 0.290 e. The summed E-state index contributed by atoms with van der Waals surface area (Å²) >= 11 is 0. The lowest BCUT2D eigenvalue weighted by Gasteiger charge is -1.81. The van der Waals surface area contributed by atoms with Gasteiger partial charge < -0.3 is 5.11 Å². The first-order valence-electron chi connectivity index (χ1n) is 2.79. The molecule has 0 amide bonds. The van der Waals surface area contributed by atoms with Gasteiger partial charge >= 0.3 is 0 Å². The molecule has 1 rings (SSSR count). The van der Waals surface area contributed by atoms with Gasteiger partial charge in [-0.05, 0) is 12.1 Å². The monoisotopic (exact) mass is 149 g/mol. The summed E-state index contributed by atoms with van der Waals surface area (Å²) in [5, 5.41) is 6.89. The second kappa shape index (κ2) is 6.30. The third kappa shape index (κ3) is 4.67. The van der Waals surface area contributed by atoms with Crippen LogP contribution in [0.3, 0.4) is 0 Å². The molecular formula is C8H7NO2. The molecule has 0 atom stereocenters. The van der Waals surface area contributed by atoms with Gasteiger partial charge in [0.25, 0.3) is 6.47 Å². The van der Waals surface area contributed by atoms with Crippen LogP contribution < -0.4 is 0 Å². The quantitative estimate of drug-likeness (QED) is 0.437. The second-order valence-electron chi connectivity index (χ2n) is 1.49. The minimum Gasteiger partial charge on any atom is -0.483 e. The van der Waals surface area contributed by atoms with Crippen molar-refractivity contribution in [2.24, 2.45) is 0 Å². The average molecular weight is 149 g/mol. The van der Waals surface area contributed by atoms with Crippen molar-refractivity contribution in [1.29, 1.82) is 0 Å². The molecule has 56 valence electrons. The van der Waals surface area contributed by atoms with Crippen molar-refractivity contribution in [3.05, 3.63) is 30.1 Å². The minimum absolute atomic E-state index is 0.250. The van der Waals surface area contributed by atoms with Crippen LogP contribution in [0.1, 0.15) is 5.56 Å². The molecule has 0 saturated heterocycles. The molecule has 0 aliphatic heterocycles. The second-order valence-corrected chi connectivity index (χ2v) is 1.49. The van der Waals surface area contributed by atoms with Gasteiger partial charge in [0.05, 0.1) is 0 Å². The number of carboxylic acid groups (broad SMARTS) is 1. The van der Waals surface area contributed by atoms with Crippen molar-refractivity contribution < 1.29 is 9.90 Å². The van der Waals surface area contributed by atoms with Gasteiger partial charge in [0.2, 0.25) is 0 Å². The summed E-state index contributed by atoms with van der Waals surface area (Å²) in [7, 11) is 0. The fraction of sp³-hybridized carbons (Fsp3) is 0. The number of hydrogen-bond donors (Lipinski definition) is 1. The van der Waals surface area contributed by atoms with Crippen molar-refractivity contribution in [1.82, 2.24) is 4.98 Å². The largest absolute Gasteiger partial charge is 0.483 e. The Labute approximate surface area is 64.7 Å². The van der Waals surface area contributed by atoms with Crippen molar-refractivity contribution >= 4 is 6.47 Å². The predicted molar refractivity (Wildman–Crippen MR) is 40.9 cm³/mol. The Kier molecular flexibility index (Phi) is 5.26. The molecule has 0 bridgehead atoms. The fourth-order valence-electron chi connectivity index (χ4n) is 0.448. The number of hydrogen-bond acceptors (Lipinski definition) is 2. The van der Waals surface area contributed by atoms with Gasteiger partial charge in [0.15, 0.2) is 0 Å². The van der Waals surface area contributed by atoms with Crippen molar-refractivity contribution in [3.8, 4) is 12.3 Å². The van der Waals surface area contributed by atoms with Crippen LogP contribution in [0.2, 0.25) is 0 Å². The highest BCUT2D eigenvalue weighted by Crippen LogP contribution is 1.89. The summed E-state index contributed by atoms with van der Waals surface area (Å²) in [4.78, 5) is 12.2. The number of terminal acetylenes is 1. The highest BCUT2D eigenvalue weighted by atomic mass is 16.3. The van der Waals surface area contributed by atoms with E-state index in [0.717, 1.165) is 5.56 Å². The van der Waals surface area contributed by atoms with E-state index in [1.165, 1.54) is 0 Å². The van der Waals surface area contributed by atoms with Gasteiger partial charge in [0, 0.05) is 18.0 Å². The van der Waals surface area contributed by atoms with Gasteiger partial charge in [0.1, 0.15) is 0 Å². The lowest BCUT2D eigenvalue weighted by molar-refractivity contribution is -0.122. The number of nitrogens with zero attached hydrogens (tertiary/aromatic N) is 1. The Balaban J connectivity index is 0.000000292. The van der Waals surface area contributed by atoms with Gasteiger partial charge in [-0.1, -0.05) is 5.92 Å². The number of carbonyl (C=O) groups is 1. The summed E-state index contributed by atoms with van der Waals surface area (Å²) < 4.78 is 0. The van der Waals surface area contributed by atoms with Crippen LogP contribution in [0.4, 0.5) is 0 Å². The van der Waals surface area contributed by atoms with Crippen molar-refractivity contribution in [2.75, 3.05) is 0 Å². The molecule has 1 heterocycles. The summed E-state index contributed by atoms with van der Waals surface area (Å²) in [6.07, 6.45) is 8.41. The zero-order chi connectivity index (χ0) is 8.53. The van der Waals surface area contributed by atoms with E-state index in [2.05, 4.69) is 10.9 Å². The maximum Gasteiger partial charge on any atom is 0.290 e. The fourth-order valence-corrected chi connectivity index (χ4v) is 0.448. The highest BCUT2D eigenvalue weighted by Gasteiger charge is 1.77. The van der Waals surface area contributed by atoms with Crippen LogP contribution in [-0.2, 0) is 4.79 Å². The third-order valence-corrected chi connectivity index (χ3v) is 0.828. The molecule has 0 aromatic carbocycles. The Hall–Kier alpha value is -1.82. The maximum absolute atomic E-state index is 8.36. The van der Waals surface area contributed by atoms with Crippen LogP contribution in [0.5, 0.6) is 0 Å². The number of rotatable bonds is 0. The molecule has 0 radical (unpaired) electrons. The Morgan fingerprint density at radius 1 is 1.73 bits per heavy atom. The van der Waals surface area contributed by atoms with E-state index < -0.39 is 0 Å². The summed E-state index contributed by atoms with van der Waals surface area (Å²) in [6.45, 7) is -0.250. The molecular weight excluding hydrogens is 142 g/mol. The van der Waals surface area contributed by atoms with E-state index in [9.17, 15) is 0 Å². The Morgan fingerprint density at radius 2 is 2.36 bits per heavy atom. The number of aromatic nitrogens is 1. The van der Waals surface area contributed by atoms with E-state index in [0.29, 0.717) is 0 Å². The van der Waals surface area contributed by atoms with E-state index in [-0.39, 0.29) is 6.47 Å². The van der Waals surface area contributed by atoms with Gasteiger partial charge in [-0.3, -0.25) is 9.78 Å². The molecule has 0 aliphatic rings. The summed E-state index contributed by atoms with van der Waals surface area (Å²) in [5.41, 5.74) is 0.826. The molecule has 0 aliphatic carbocycles. The molecule has 1 aromatic heterocycles. The van der Waals surface area contributed by atoms with Crippen LogP contribution in [0.15, 0.2) is 24.5 Å².